The predicted octanol–water partition coefficient (Wildman–Crippen LogP) is 4.92. The molecule has 198 valence electrons. The highest BCUT2D eigenvalue weighted by atomic mass is 35.5. The molecule has 0 spiro atoms. The fourth-order valence-corrected chi connectivity index (χ4v) is 4.80. The first-order chi connectivity index (χ1) is 18.4. The number of aromatic nitrogens is 3. The molecule has 3 heterocycles. The average molecular weight is 538 g/mol. The molecule has 0 fully saturated rings. The van der Waals surface area contributed by atoms with Gasteiger partial charge in [0.05, 0.1) is 53.5 Å². The molecule has 5 rings (SSSR count). The van der Waals surface area contributed by atoms with E-state index in [2.05, 4.69) is 26.3 Å². The molecule has 2 N–H and O–H groups in total. The molecular weight excluding hydrogens is 510 g/mol. The van der Waals surface area contributed by atoms with Crippen molar-refractivity contribution in [1.29, 1.82) is 0 Å². The van der Waals surface area contributed by atoms with Crippen molar-refractivity contribution < 1.29 is 14.4 Å². The third kappa shape index (κ3) is 4.95. The molecule has 0 unspecified atom stereocenters. The summed E-state index contributed by atoms with van der Waals surface area (Å²) in [7, 11) is 5.37. The normalized spacial score (nSPS) is 13.0. The summed E-state index contributed by atoms with van der Waals surface area (Å²) in [5.74, 6) is 0.634. The van der Waals surface area contributed by atoms with Gasteiger partial charge in [-0.1, -0.05) is 29.8 Å². The first-order valence-corrected chi connectivity index (χ1v) is 12.5. The summed E-state index contributed by atoms with van der Waals surface area (Å²) < 4.78 is 13.5. The summed E-state index contributed by atoms with van der Waals surface area (Å²) in [6, 6.07) is 11.1. The number of nitro benzene ring substituents is 1. The maximum Gasteiger partial charge on any atom is 0.294 e. The highest BCUT2D eigenvalue weighted by Crippen LogP contribution is 2.40. The molecule has 0 radical (unpaired) electrons. The number of nitrogens with zero attached hydrogens (tertiary/aromatic N) is 5. The second-order valence-electron chi connectivity index (χ2n) is 9.12. The number of halogens is 1. The molecule has 2 aromatic carbocycles. The van der Waals surface area contributed by atoms with E-state index < -0.39 is 4.92 Å². The molecule has 0 saturated heterocycles. The van der Waals surface area contributed by atoms with E-state index in [0.29, 0.717) is 54.1 Å². The topological polar surface area (TPSA) is 120 Å². The molecule has 38 heavy (non-hydrogen) atoms. The van der Waals surface area contributed by atoms with Crippen molar-refractivity contribution >= 4 is 45.5 Å². The molecule has 1 aliphatic rings. The summed E-state index contributed by atoms with van der Waals surface area (Å²) >= 11 is 6.62. The van der Waals surface area contributed by atoms with Crippen LogP contribution in [0, 0.1) is 10.1 Å². The zero-order valence-electron chi connectivity index (χ0n) is 21.3. The van der Waals surface area contributed by atoms with E-state index in [-0.39, 0.29) is 11.6 Å². The van der Waals surface area contributed by atoms with E-state index in [0.717, 1.165) is 28.7 Å². The van der Waals surface area contributed by atoms with Crippen molar-refractivity contribution in [2.45, 2.75) is 13.2 Å². The molecule has 2 aromatic heterocycles. The predicted molar refractivity (Wildman–Crippen MR) is 148 cm³/mol. The maximum atomic E-state index is 11.9. The van der Waals surface area contributed by atoms with Crippen molar-refractivity contribution in [3.63, 3.8) is 0 Å². The van der Waals surface area contributed by atoms with Crippen LogP contribution in [-0.4, -0.2) is 65.3 Å². The van der Waals surface area contributed by atoms with Crippen LogP contribution in [0.15, 0.2) is 42.6 Å². The fraction of sp³-hybridized carbons (Fsp3) is 0.308. The minimum Gasteiger partial charge on any atom is -0.494 e. The number of nitrogens with one attached hydrogen (secondary N) is 2. The smallest absolute Gasteiger partial charge is 0.294 e. The Labute approximate surface area is 224 Å². The second-order valence-corrected chi connectivity index (χ2v) is 9.52. The van der Waals surface area contributed by atoms with Crippen LogP contribution < -0.4 is 15.4 Å². The molecule has 12 heteroatoms. The SMILES string of the molecule is COc1cc(NCCN(C)C)c([N+](=O)[O-])cc1Nc1ncc(Cl)c(-c2c3n(c4ccccc24)CCOC3)n1. The van der Waals surface area contributed by atoms with Crippen LogP contribution in [0.3, 0.4) is 0 Å². The summed E-state index contributed by atoms with van der Waals surface area (Å²) in [5, 5.41) is 19.5. The minimum atomic E-state index is -0.434. The third-order valence-corrected chi connectivity index (χ3v) is 6.67. The van der Waals surface area contributed by atoms with Crippen LogP contribution in [0.25, 0.3) is 22.2 Å². The fourth-order valence-electron chi connectivity index (χ4n) is 4.62. The first kappa shape index (κ1) is 25.7. The number of anilines is 3. The van der Waals surface area contributed by atoms with Gasteiger partial charge in [-0.15, -0.1) is 0 Å². The zero-order valence-corrected chi connectivity index (χ0v) is 22.1. The Kier molecular flexibility index (Phi) is 7.32. The Balaban J connectivity index is 1.54. The molecule has 4 aromatic rings. The van der Waals surface area contributed by atoms with Crippen LogP contribution in [-0.2, 0) is 17.9 Å². The minimum absolute atomic E-state index is 0.0918. The number of hydrogen-bond donors (Lipinski definition) is 2. The van der Waals surface area contributed by atoms with Gasteiger partial charge in [-0.2, -0.15) is 0 Å². The number of rotatable bonds is 9. The van der Waals surface area contributed by atoms with Crippen molar-refractivity contribution in [3.05, 3.63) is 63.4 Å². The van der Waals surface area contributed by atoms with E-state index in [1.807, 2.05) is 37.2 Å². The Morgan fingerprint density at radius 1 is 1.26 bits per heavy atom. The lowest BCUT2D eigenvalue weighted by molar-refractivity contribution is -0.383. The van der Waals surface area contributed by atoms with E-state index in [4.69, 9.17) is 26.1 Å². The number of benzene rings is 2. The third-order valence-electron chi connectivity index (χ3n) is 6.39. The largest absolute Gasteiger partial charge is 0.494 e. The van der Waals surface area contributed by atoms with Crippen LogP contribution in [0.5, 0.6) is 5.75 Å². The number of likely N-dealkylation sites (N-methyl/N-ethyl adjacent to an activating group) is 1. The Bertz CT molecular complexity index is 1500. The van der Waals surface area contributed by atoms with Gasteiger partial charge in [0, 0.05) is 48.2 Å². The van der Waals surface area contributed by atoms with Crippen LogP contribution in [0.1, 0.15) is 5.69 Å². The molecule has 0 saturated carbocycles. The molecule has 0 aliphatic carbocycles. The average Bonchev–Trinajstić information content (AvgIpc) is 3.24. The summed E-state index contributed by atoms with van der Waals surface area (Å²) in [6.45, 7) is 3.06. The van der Waals surface area contributed by atoms with Gasteiger partial charge in [0.2, 0.25) is 5.95 Å². The Morgan fingerprint density at radius 3 is 2.84 bits per heavy atom. The van der Waals surface area contributed by atoms with Gasteiger partial charge < -0.3 is 29.6 Å². The standard InChI is InChI=1S/C26H28ClN7O4/c1-32(2)9-8-28-18-13-23(37-3)19(12-21(18)34(35)36)30-26-29-14-17(27)25(31-26)24-16-6-4-5-7-20(16)33-10-11-38-15-22(24)33/h4-7,12-14,28H,8-11,15H2,1-3H3,(H,29,30,31). The number of fused-ring (bicyclic) bond motifs is 3. The molecule has 0 bridgehead atoms. The van der Waals surface area contributed by atoms with Gasteiger partial charge in [-0.25, -0.2) is 9.97 Å². The highest BCUT2D eigenvalue weighted by Gasteiger charge is 2.25. The number of hydrogen-bond acceptors (Lipinski definition) is 9. The van der Waals surface area contributed by atoms with Crippen molar-refractivity contribution in [1.82, 2.24) is 19.4 Å². The Hall–Kier alpha value is -3.93. The van der Waals surface area contributed by atoms with E-state index >= 15 is 0 Å². The number of nitro groups is 1. The lowest BCUT2D eigenvalue weighted by Crippen LogP contribution is -2.21. The van der Waals surface area contributed by atoms with Crippen LogP contribution >= 0.6 is 11.6 Å². The van der Waals surface area contributed by atoms with Gasteiger partial charge in [0.1, 0.15) is 11.4 Å². The summed E-state index contributed by atoms with van der Waals surface area (Å²) in [6.07, 6.45) is 1.52. The number of methoxy groups -OCH3 is 1. The van der Waals surface area contributed by atoms with Gasteiger partial charge in [-0.3, -0.25) is 10.1 Å². The van der Waals surface area contributed by atoms with E-state index in [1.165, 1.54) is 19.4 Å². The summed E-state index contributed by atoms with van der Waals surface area (Å²) in [4.78, 5) is 22.5. The van der Waals surface area contributed by atoms with Gasteiger partial charge in [0.15, 0.2) is 0 Å². The quantitative estimate of drug-likeness (QED) is 0.226. The summed E-state index contributed by atoms with van der Waals surface area (Å²) in [5.41, 5.74) is 4.14. The van der Waals surface area contributed by atoms with Gasteiger partial charge >= 0.3 is 0 Å². The maximum absolute atomic E-state index is 11.9. The van der Waals surface area contributed by atoms with Crippen molar-refractivity contribution in [2.75, 3.05) is 51.5 Å². The lowest BCUT2D eigenvalue weighted by atomic mass is 10.1. The van der Waals surface area contributed by atoms with E-state index in [1.54, 1.807) is 6.07 Å². The van der Waals surface area contributed by atoms with Gasteiger partial charge in [0.25, 0.3) is 5.69 Å². The second kappa shape index (κ2) is 10.8. The number of para-hydroxylation sites is 1. The molecule has 0 atom stereocenters. The molecular formula is C26H28ClN7O4. The lowest BCUT2D eigenvalue weighted by Gasteiger charge is -2.18. The highest BCUT2D eigenvalue weighted by molar-refractivity contribution is 6.33. The zero-order chi connectivity index (χ0) is 26.8. The monoisotopic (exact) mass is 537 g/mol. The Morgan fingerprint density at radius 2 is 2.08 bits per heavy atom. The number of ether oxygens (including phenoxy) is 2. The molecule has 1 aliphatic heterocycles. The van der Waals surface area contributed by atoms with Crippen molar-refractivity contribution in [2.24, 2.45) is 0 Å². The van der Waals surface area contributed by atoms with Gasteiger partial charge in [-0.05, 0) is 20.2 Å². The van der Waals surface area contributed by atoms with Crippen LogP contribution in [0.2, 0.25) is 5.02 Å². The van der Waals surface area contributed by atoms with Crippen LogP contribution in [0.4, 0.5) is 23.0 Å². The molecule has 0 amide bonds. The van der Waals surface area contributed by atoms with E-state index in [9.17, 15) is 10.1 Å². The van der Waals surface area contributed by atoms with Crippen molar-refractivity contribution in [3.8, 4) is 17.0 Å². The first-order valence-electron chi connectivity index (χ1n) is 12.1. The molecule has 11 nitrogen and oxygen atoms in total.